The molecule has 0 spiro atoms. The largest absolute Gasteiger partial charge is 0.489 e. The van der Waals surface area contributed by atoms with E-state index in [-0.39, 0.29) is 0 Å². The Kier molecular flexibility index (Phi) is 5.73. The summed E-state index contributed by atoms with van der Waals surface area (Å²) in [5.41, 5.74) is 2.57. The van der Waals surface area contributed by atoms with Crippen molar-refractivity contribution in [3.8, 4) is 17.2 Å². The molecule has 3 aromatic rings. The van der Waals surface area contributed by atoms with E-state index in [4.69, 9.17) is 9.47 Å². The van der Waals surface area contributed by atoms with Crippen LogP contribution in [0.1, 0.15) is 37.3 Å². The third kappa shape index (κ3) is 4.87. The molecule has 2 heteroatoms. The van der Waals surface area contributed by atoms with Crippen LogP contribution in [-0.2, 0) is 6.61 Å². The van der Waals surface area contributed by atoms with E-state index >= 15 is 0 Å². The van der Waals surface area contributed by atoms with Crippen LogP contribution < -0.4 is 9.47 Å². The molecule has 0 N–H and O–H groups in total. The molecule has 1 unspecified atom stereocenters. The quantitative estimate of drug-likeness (QED) is 0.487. The number of hydrogen-bond acceptors (Lipinski definition) is 2. The Morgan fingerprint density at radius 1 is 0.760 bits per heavy atom. The summed E-state index contributed by atoms with van der Waals surface area (Å²) in [6, 6.07) is 26.2. The van der Waals surface area contributed by atoms with Crippen LogP contribution in [0.5, 0.6) is 17.2 Å². The fourth-order valence-electron chi connectivity index (χ4n) is 2.62. The molecular weight excluding hydrogens is 308 g/mol. The molecule has 0 bridgehead atoms. The molecule has 0 heterocycles. The molecule has 0 amide bonds. The maximum absolute atomic E-state index is 5.91. The maximum atomic E-state index is 5.91. The molecule has 0 aliphatic rings. The highest BCUT2D eigenvalue weighted by atomic mass is 16.5. The van der Waals surface area contributed by atoms with Crippen LogP contribution in [0.15, 0.2) is 78.9 Å². The highest BCUT2D eigenvalue weighted by molar-refractivity contribution is 5.35. The van der Waals surface area contributed by atoms with Crippen LogP contribution in [0, 0.1) is 0 Å². The minimum Gasteiger partial charge on any atom is -0.489 e. The lowest BCUT2D eigenvalue weighted by Gasteiger charge is -2.12. The molecule has 0 fully saturated rings. The fraction of sp³-hybridized carbons (Fsp3) is 0.217. The van der Waals surface area contributed by atoms with Crippen LogP contribution in [0.25, 0.3) is 0 Å². The molecule has 0 aliphatic heterocycles. The zero-order valence-corrected chi connectivity index (χ0v) is 14.8. The van der Waals surface area contributed by atoms with Gasteiger partial charge in [-0.1, -0.05) is 56.3 Å². The summed E-state index contributed by atoms with van der Waals surface area (Å²) in [6.45, 7) is 5.04. The van der Waals surface area contributed by atoms with E-state index < -0.39 is 0 Å². The average molecular weight is 332 g/mol. The van der Waals surface area contributed by atoms with Crippen molar-refractivity contribution >= 4 is 0 Å². The molecule has 3 rings (SSSR count). The Bertz CT molecular complexity index is 779. The first kappa shape index (κ1) is 17.1. The lowest BCUT2D eigenvalue weighted by Crippen LogP contribution is -1.98. The van der Waals surface area contributed by atoms with Crippen molar-refractivity contribution in [2.45, 2.75) is 32.8 Å². The van der Waals surface area contributed by atoms with E-state index in [9.17, 15) is 0 Å². The summed E-state index contributed by atoms with van der Waals surface area (Å²) in [4.78, 5) is 0. The Morgan fingerprint density at radius 3 is 2.16 bits per heavy atom. The lowest BCUT2D eigenvalue weighted by atomic mass is 9.97. The molecule has 0 saturated heterocycles. The predicted octanol–water partition coefficient (Wildman–Crippen LogP) is 6.57. The van der Waals surface area contributed by atoms with E-state index in [1.165, 1.54) is 11.1 Å². The summed E-state index contributed by atoms with van der Waals surface area (Å²) < 4.78 is 11.7. The van der Waals surface area contributed by atoms with Crippen LogP contribution >= 0.6 is 0 Å². The van der Waals surface area contributed by atoms with Gasteiger partial charge >= 0.3 is 0 Å². The highest BCUT2D eigenvalue weighted by Crippen LogP contribution is 2.24. The Hall–Kier alpha value is -2.74. The normalized spacial score (nSPS) is 11.8. The van der Waals surface area contributed by atoms with Gasteiger partial charge in [0.05, 0.1) is 0 Å². The second-order valence-electron chi connectivity index (χ2n) is 6.23. The third-order valence-corrected chi connectivity index (χ3v) is 4.34. The van der Waals surface area contributed by atoms with Gasteiger partial charge in [0.15, 0.2) is 0 Å². The van der Waals surface area contributed by atoms with Crippen LogP contribution in [0.3, 0.4) is 0 Å². The van der Waals surface area contributed by atoms with Gasteiger partial charge in [0.25, 0.3) is 0 Å². The maximum Gasteiger partial charge on any atom is 0.127 e. The van der Waals surface area contributed by atoms with Gasteiger partial charge in [-0.05, 0) is 59.9 Å². The molecule has 2 nitrogen and oxygen atoms in total. The highest BCUT2D eigenvalue weighted by Gasteiger charge is 2.04. The van der Waals surface area contributed by atoms with E-state index in [1.807, 2.05) is 54.6 Å². The van der Waals surface area contributed by atoms with Gasteiger partial charge in [-0.15, -0.1) is 0 Å². The number of ether oxygens (including phenoxy) is 2. The van der Waals surface area contributed by atoms with Crippen molar-refractivity contribution in [1.82, 2.24) is 0 Å². The molecular formula is C23H24O2. The van der Waals surface area contributed by atoms with Crippen molar-refractivity contribution in [2.75, 3.05) is 0 Å². The summed E-state index contributed by atoms with van der Waals surface area (Å²) in [7, 11) is 0. The van der Waals surface area contributed by atoms with Gasteiger partial charge in [-0.25, -0.2) is 0 Å². The minimum absolute atomic E-state index is 0.573. The molecule has 0 aliphatic carbocycles. The van der Waals surface area contributed by atoms with Gasteiger partial charge in [0, 0.05) is 0 Å². The molecule has 0 saturated carbocycles. The first-order valence-corrected chi connectivity index (χ1v) is 8.79. The third-order valence-electron chi connectivity index (χ3n) is 4.34. The smallest absolute Gasteiger partial charge is 0.127 e. The first-order chi connectivity index (χ1) is 12.2. The van der Waals surface area contributed by atoms with Crippen molar-refractivity contribution < 1.29 is 9.47 Å². The average Bonchev–Trinajstić information content (AvgIpc) is 2.68. The summed E-state index contributed by atoms with van der Waals surface area (Å²) in [5.74, 6) is 3.05. The number of hydrogen-bond donors (Lipinski definition) is 0. The van der Waals surface area contributed by atoms with Crippen molar-refractivity contribution in [1.29, 1.82) is 0 Å². The number of benzene rings is 3. The topological polar surface area (TPSA) is 18.5 Å². The second-order valence-corrected chi connectivity index (χ2v) is 6.23. The van der Waals surface area contributed by atoms with Crippen molar-refractivity contribution in [2.24, 2.45) is 0 Å². The Morgan fingerprint density at radius 2 is 1.44 bits per heavy atom. The molecule has 0 radical (unpaired) electrons. The van der Waals surface area contributed by atoms with Gasteiger partial charge in [-0.3, -0.25) is 0 Å². The minimum atomic E-state index is 0.573. The van der Waals surface area contributed by atoms with Gasteiger partial charge in [-0.2, -0.15) is 0 Å². The zero-order chi connectivity index (χ0) is 17.5. The monoisotopic (exact) mass is 332 g/mol. The molecule has 0 aromatic heterocycles. The van der Waals surface area contributed by atoms with Crippen molar-refractivity contribution in [3.63, 3.8) is 0 Å². The summed E-state index contributed by atoms with van der Waals surface area (Å²) in [5, 5.41) is 0. The molecule has 3 aromatic carbocycles. The summed E-state index contributed by atoms with van der Waals surface area (Å²) >= 11 is 0. The molecule has 128 valence electrons. The molecule has 25 heavy (non-hydrogen) atoms. The van der Waals surface area contributed by atoms with Gasteiger partial charge < -0.3 is 9.47 Å². The van der Waals surface area contributed by atoms with Gasteiger partial charge in [0.1, 0.15) is 23.9 Å². The second kappa shape index (κ2) is 8.39. The van der Waals surface area contributed by atoms with Crippen LogP contribution in [0.4, 0.5) is 0 Å². The summed E-state index contributed by atoms with van der Waals surface area (Å²) in [6.07, 6.45) is 1.15. The number of para-hydroxylation sites is 1. The van der Waals surface area contributed by atoms with E-state index in [0.29, 0.717) is 12.5 Å². The molecule has 1 atom stereocenters. The van der Waals surface area contributed by atoms with E-state index in [2.05, 4.69) is 38.1 Å². The first-order valence-electron chi connectivity index (χ1n) is 8.79. The predicted molar refractivity (Wildman–Crippen MR) is 102 cm³/mol. The lowest BCUT2D eigenvalue weighted by molar-refractivity contribution is 0.305. The van der Waals surface area contributed by atoms with Crippen LogP contribution in [0.2, 0.25) is 0 Å². The fourth-order valence-corrected chi connectivity index (χ4v) is 2.62. The zero-order valence-electron chi connectivity index (χ0n) is 14.8. The Labute approximate surface area is 150 Å². The van der Waals surface area contributed by atoms with Crippen LogP contribution in [-0.4, -0.2) is 0 Å². The van der Waals surface area contributed by atoms with E-state index in [1.54, 1.807) is 0 Å². The standard InChI is InChI=1S/C23H24O2/c1-3-18(2)20-9-7-8-19(16-20)17-24-21-12-14-23(15-13-21)25-22-10-5-4-6-11-22/h4-16,18H,3,17H2,1-2H3. The SMILES string of the molecule is CCC(C)c1cccc(COc2ccc(Oc3ccccc3)cc2)c1. The van der Waals surface area contributed by atoms with E-state index in [0.717, 1.165) is 23.7 Å². The van der Waals surface area contributed by atoms with Gasteiger partial charge in [0.2, 0.25) is 0 Å². The Balaban J connectivity index is 1.59. The number of rotatable bonds is 7. The van der Waals surface area contributed by atoms with Crippen molar-refractivity contribution in [3.05, 3.63) is 90.0 Å².